The molecule has 0 atom stereocenters. The van der Waals surface area contributed by atoms with Gasteiger partial charge in [0.15, 0.2) is 0 Å². The van der Waals surface area contributed by atoms with Gasteiger partial charge in [-0.1, -0.05) is 42.5 Å². The molecule has 90 valence electrons. The van der Waals surface area contributed by atoms with E-state index in [-0.39, 0.29) is 24.8 Å². The maximum absolute atomic E-state index is 10.6. The lowest BCUT2D eigenvalue weighted by Gasteiger charge is -2.01. The number of hydrogen-bond acceptors (Lipinski definition) is 1. The molecule has 0 aromatic heterocycles. The Morgan fingerprint density at radius 2 is 1.24 bits per heavy atom. The lowest BCUT2D eigenvalue weighted by molar-refractivity contribution is 0.0697. The molecule has 0 radical (unpaired) electrons. The molecule has 1 N–H and O–H groups in total. The van der Waals surface area contributed by atoms with Crippen LogP contribution < -0.4 is 0 Å². The van der Waals surface area contributed by atoms with Crippen molar-refractivity contribution in [2.45, 2.75) is 0 Å². The third-order valence-corrected chi connectivity index (χ3v) is 2.24. The van der Waals surface area contributed by atoms with Crippen molar-refractivity contribution in [3.63, 3.8) is 0 Å². The van der Waals surface area contributed by atoms with Crippen LogP contribution in [0.2, 0.25) is 0 Å². The van der Waals surface area contributed by atoms with Gasteiger partial charge in [0.2, 0.25) is 0 Å². The van der Waals surface area contributed by atoms with Crippen LogP contribution in [0.15, 0.2) is 54.6 Å². The van der Waals surface area contributed by atoms with Crippen molar-refractivity contribution in [2.24, 2.45) is 0 Å². The molecule has 0 bridgehead atoms. The van der Waals surface area contributed by atoms with E-state index in [1.165, 1.54) is 0 Å². The van der Waals surface area contributed by atoms with Crippen LogP contribution in [0.5, 0.6) is 0 Å². The van der Waals surface area contributed by atoms with E-state index in [1.54, 1.807) is 12.1 Å². The minimum atomic E-state index is -0.894. The Morgan fingerprint density at radius 1 is 0.765 bits per heavy atom. The van der Waals surface area contributed by atoms with Crippen molar-refractivity contribution in [2.75, 3.05) is 0 Å². The van der Waals surface area contributed by atoms with Gasteiger partial charge in [0, 0.05) is 0 Å². The van der Waals surface area contributed by atoms with Crippen LogP contribution in [0, 0.1) is 0 Å². The van der Waals surface area contributed by atoms with E-state index in [4.69, 9.17) is 5.11 Å². The van der Waals surface area contributed by atoms with Gasteiger partial charge in [-0.2, -0.15) is 0 Å². The summed E-state index contributed by atoms with van der Waals surface area (Å²) in [7, 11) is 0. The third kappa shape index (κ3) is 3.77. The van der Waals surface area contributed by atoms with E-state index in [2.05, 4.69) is 0 Å². The van der Waals surface area contributed by atoms with Crippen LogP contribution in [0.4, 0.5) is 0 Å². The predicted octanol–water partition coefficient (Wildman–Crippen LogP) is 3.90. The summed E-state index contributed by atoms with van der Waals surface area (Å²) in [6.45, 7) is 0. The molecule has 4 heteroatoms. The Labute approximate surface area is 112 Å². The van der Waals surface area contributed by atoms with Gasteiger partial charge in [0.25, 0.3) is 0 Å². The summed E-state index contributed by atoms with van der Waals surface area (Å²) in [6, 6.07) is 16.7. The molecular weight excluding hydrogens is 259 g/mol. The van der Waals surface area contributed by atoms with Crippen LogP contribution in [0.1, 0.15) is 10.4 Å². The highest BCUT2D eigenvalue weighted by molar-refractivity contribution is 5.88. The zero-order valence-electron chi connectivity index (χ0n) is 8.87. The molecule has 2 rings (SSSR count). The molecule has 2 aromatic carbocycles. The highest BCUT2D eigenvalue weighted by atomic mass is 35.5. The number of carboxylic acid groups (broad SMARTS) is 1. The minimum Gasteiger partial charge on any atom is -0.478 e. The molecule has 0 aliphatic rings. The third-order valence-electron chi connectivity index (χ3n) is 2.24. The number of carbonyl (C=O) groups is 1. The first-order valence-electron chi connectivity index (χ1n) is 4.66. The van der Waals surface area contributed by atoms with E-state index in [1.807, 2.05) is 42.5 Å². The Bertz CT molecular complexity index is 467. The number of hydrogen-bond donors (Lipinski definition) is 1. The normalized spacial score (nSPS) is 8.71. The number of carboxylic acids is 1. The van der Waals surface area contributed by atoms with Gasteiger partial charge in [-0.3, -0.25) is 0 Å². The number of benzene rings is 2. The molecule has 0 aliphatic heterocycles. The molecular formula is C13H12Cl2O2. The van der Waals surface area contributed by atoms with Crippen molar-refractivity contribution >= 4 is 30.8 Å². The highest BCUT2D eigenvalue weighted by Gasteiger charge is 2.02. The summed E-state index contributed by atoms with van der Waals surface area (Å²) in [5.74, 6) is -0.894. The largest absolute Gasteiger partial charge is 0.478 e. The van der Waals surface area contributed by atoms with Gasteiger partial charge >= 0.3 is 5.97 Å². The van der Waals surface area contributed by atoms with Gasteiger partial charge < -0.3 is 5.11 Å². The van der Waals surface area contributed by atoms with Crippen LogP contribution in [-0.4, -0.2) is 11.1 Å². The topological polar surface area (TPSA) is 37.3 Å². The first kappa shape index (κ1) is 15.5. The summed E-state index contributed by atoms with van der Waals surface area (Å²) in [4.78, 5) is 10.6. The molecule has 0 unspecified atom stereocenters. The van der Waals surface area contributed by atoms with Gasteiger partial charge in [-0.25, -0.2) is 4.79 Å². The molecule has 0 saturated carbocycles. The number of halogens is 2. The van der Waals surface area contributed by atoms with Crippen LogP contribution >= 0.6 is 24.8 Å². The second kappa shape index (κ2) is 6.94. The van der Waals surface area contributed by atoms with Gasteiger partial charge in [-0.05, 0) is 23.3 Å². The minimum absolute atomic E-state index is 0. The quantitative estimate of drug-likeness (QED) is 0.899. The fourth-order valence-corrected chi connectivity index (χ4v) is 1.44. The fraction of sp³-hybridized carbons (Fsp3) is 0. The molecule has 0 fully saturated rings. The summed E-state index contributed by atoms with van der Waals surface area (Å²) < 4.78 is 0. The maximum atomic E-state index is 10.6. The van der Waals surface area contributed by atoms with E-state index in [0.717, 1.165) is 11.1 Å². The van der Waals surface area contributed by atoms with E-state index in [0.29, 0.717) is 5.56 Å². The summed E-state index contributed by atoms with van der Waals surface area (Å²) in [6.07, 6.45) is 0. The van der Waals surface area contributed by atoms with Crippen LogP contribution in [0.3, 0.4) is 0 Å². The number of rotatable bonds is 2. The molecule has 2 aromatic rings. The van der Waals surface area contributed by atoms with E-state index in [9.17, 15) is 4.79 Å². The highest BCUT2D eigenvalue weighted by Crippen LogP contribution is 2.18. The fourth-order valence-electron chi connectivity index (χ4n) is 1.44. The zero-order chi connectivity index (χ0) is 10.7. The summed E-state index contributed by atoms with van der Waals surface area (Å²) in [5, 5.41) is 8.75. The van der Waals surface area contributed by atoms with Gasteiger partial charge in [0.1, 0.15) is 0 Å². The first-order valence-corrected chi connectivity index (χ1v) is 4.66. The van der Waals surface area contributed by atoms with Crippen LogP contribution in [-0.2, 0) is 0 Å². The molecule has 17 heavy (non-hydrogen) atoms. The smallest absolute Gasteiger partial charge is 0.335 e. The lowest BCUT2D eigenvalue weighted by atomic mass is 10.0. The van der Waals surface area contributed by atoms with Crippen molar-refractivity contribution in [3.8, 4) is 11.1 Å². The molecule has 0 saturated heterocycles. The number of aromatic carboxylic acids is 1. The monoisotopic (exact) mass is 270 g/mol. The van der Waals surface area contributed by atoms with E-state index < -0.39 is 5.97 Å². The lowest BCUT2D eigenvalue weighted by Crippen LogP contribution is -1.94. The van der Waals surface area contributed by atoms with Crippen molar-refractivity contribution < 1.29 is 9.90 Å². The average molecular weight is 271 g/mol. The molecule has 2 nitrogen and oxygen atoms in total. The van der Waals surface area contributed by atoms with Gasteiger partial charge in [0.05, 0.1) is 5.56 Å². The summed E-state index contributed by atoms with van der Waals surface area (Å²) >= 11 is 0. The summed E-state index contributed by atoms with van der Waals surface area (Å²) in [5.41, 5.74) is 2.43. The Morgan fingerprint density at radius 3 is 1.71 bits per heavy atom. The van der Waals surface area contributed by atoms with E-state index >= 15 is 0 Å². The molecule has 0 aliphatic carbocycles. The maximum Gasteiger partial charge on any atom is 0.335 e. The second-order valence-corrected chi connectivity index (χ2v) is 3.25. The van der Waals surface area contributed by atoms with Crippen molar-refractivity contribution in [1.82, 2.24) is 0 Å². The average Bonchev–Trinajstić information content (AvgIpc) is 2.30. The van der Waals surface area contributed by atoms with Gasteiger partial charge in [-0.15, -0.1) is 24.8 Å². The molecule has 0 spiro atoms. The second-order valence-electron chi connectivity index (χ2n) is 3.25. The van der Waals surface area contributed by atoms with Crippen molar-refractivity contribution in [1.29, 1.82) is 0 Å². The Balaban J connectivity index is 0.00000128. The predicted molar refractivity (Wildman–Crippen MR) is 73.3 cm³/mol. The molecule has 0 amide bonds. The standard InChI is InChI=1S/C13H10O2.2ClH/c14-13(15)12-8-6-11(7-9-12)10-4-2-1-3-5-10;;/h1-9H,(H,14,15);2*1H. The molecule has 0 heterocycles. The SMILES string of the molecule is Cl.Cl.O=C(O)c1ccc(-c2ccccc2)cc1. The Kier molecular flexibility index (Phi) is 6.33. The Hall–Kier alpha value is -1.51. The van der Waals surface area contributed by atoms with Crippen LogP contribution in [0.25, 0.3) is 11.1 Å². The first-order chi connectivity index (χ1) is 7.27. The zero-order valence-corrected chi connectivity index (χ0v) is 10.5. The van der Waals surface area contributed by atoms with Crippen molar-refractivity contribution in [3.05, 3.63) is 60.2 Å².